The lowest BCUT2D eigenvalue weighted by Crippen LogP contribution is -2.29. The van der Waals surface area contributed by atoms with Gasteiger partial charge >= 0.3 is 19.8 Å². The van der Waals surface area contributed by atoms with Crippen LogP contribution in [0.15, 0.2) is 72.9 Å². The highest BCUT2D eigenvalue weighted by Gasteiger charge is 2.25. The summed E-state index contributed by atoms with van der Waals surface area (Å²) in [5.41, 5.74) is 5.34. The van der Waals surface area contributed by atoms with Crippen LogP contribution in [0.1, 0.15) is 162 Å². The Balaban J connectivity index is 4.27. The van der Waals surface area contributed by atoms with Crippen molar-refractivity contribution < 1.29 is 37.6 Å². The maximum atomic E-state index is 12.5. The molecule has 1 unspecified atom stereocenters. The summed E-state index contributed by atoms with van der Waals surface area (Å²) < 4.78 is 32.7. The Bertz CT molecular complexity index is 1110. The Morgan fingerprint density at radius 1 is 0.556 bits per heavy atom. The third-order valence-corrected chi connectivity index (χ3v) is 9.30. The zero-order chi connectivity index (χ0) is 39.6. The lowest BCUT2D eigenvalue weighted by atomic mass is 10.1. The van der Waals surface area contributed by atoms with Gasteiger partial charge in [-0.05, 0) is 83.5 Å². The molecule has 0 aliphatic heterocycles. The quantitative estimate of drug-likeness (QED) is 0.0272. The van der Waals surface area contributed by atoms with Crippen LogP contribution >= 0.6 is 7.82 Å². The average molecular weight is 778 g/mol. The Morgan fingerprint density at radius 3 is 1.50 bits per heavy atom. The van der Waals surface area contributed by atoms with Gasteiger partial charge in [0.2, 0.25) is 0 Å². The van der Waals surface area contributed by atoms with Crippen molar-refractivity contribution in [3.63, 3.8) is 0 Å². The molecule has 0 amide bonds. The van der Waals surface area contributed by atoms with Gasteiger partial charge in [-0.15, -0.1) is 0 Å². The minimum Gasteiger partial charge on any atom is -0.462 e. The van der Waals surface area contributed by atoms with Gasteiger partial charge in [-0.3, -0.25) is 18.6 Å². The molecule has 0 aromatic rings. The molecule has 0 saturated heterocycles. The van der Waals surface area contributed by atoms with Gasteiger partial charge < -0.3 is 20.1 Å². The highest BCUT2D eigenvalue weighted by atomic mass is 31.2. The zero-order valence-electron chi connectivity index (χ0n) is 33.9. The molecule has 2 atom stereocenters. The minimum absolute atomic E-state index is 0.0426. The van der Waals surface area contributed by atoms with E-state index in [0.29, 0.717) is 12.8 Å². The number of esters is 2. The number of rotatable bonds is 38. The van der Waals surface area contributed by atoms with Gasteiger partial charge in [-0.1, -0.05) is 138 Å². The fraction of sp³-hybridized carbons (Fsp3) is 0.682. The molecule has 0 aromatic carbocycles. The maximum absolute atomic E-state index is 12.5. The first kappa shape index (κ1) is 51.5. The summed E-state index contributed by atoms with van der Waals surface area (Å²) in [5.74, 6) is -0.888. The van der Waals surface area contributed by atoms with E-state index in [9.17, 15) is 19.0 Å². The number of nitrogens with two attached hydrogens (primary N) is 1. The van der Waals surface area contributed by atoms with Crippen LogP contribution in [-0.2, 0) is 32.7 Å². The minimum atomic E-state index is -4.39. The van der Waals surface area contributed by atoms with E-state index in [1.54, 1.807) is 0 Å². The van der Waals surface area contributed by atoms with Crippen molar-refractivity contribution in [2.75, 3.05) is 26.4 Å². The monoisotopic (exact) mass is 778 g/mol. The number of carbonyl (C=O) groups is 2. The van der Waals surface area contributed by atoms with Crippen molar-refractivity contribution in [1.82, 2.24) is 0 Å². The number of phosphoric ester groups is 1. The lowest BCUT2D eigenvalue weighted by molar-refractivity contribution is -0.161. The molecular formula is C44H76NO8P. The Kier molecular flexibility index (Phi) is 38.2. The van der Waals surface area contributed by atoms with Crippen molar-refractivity contribution in [3.05, 3.63) is 72.9 Å². The molecule has 9 nitrogen and oxygen atoms in total. The summed E-state index contributed by atoms with van der Waals surface area (Å²) in [6.45, 7) is 3.59. The molecule has 0 aliphatic carbocycles. The Morgan fingerprint density at radius 2 is 0.981 bits per heavy atom. The summed E-state index contributed by atoms with van der Waals surface area (Å²) in [5, 5.41) is 0. The van der Waals surface area contributed by atoms with Gasteiger partial charge in [-0.25, -0.2) is 4.57 Å². The number of unbranched alkanes of at least 4 members (excludes halogenated alkanes) is 13. The van der Waals surface area contributed by atoms with Crippen LogP contribution < -0.4 is 5.73 Å². The predicted molar refractivity (Wildman–Crippen MR) is 224 cm³/mol. The molecule has 0 saturated carbocycles. The molecule has 0 radical (unpaired) electrons. The number of hydrogen-bond acceptors (Lipinski definition) is 8. The van der Waals surface area contributed by atoms with Gasteiger partial charge in [-0.2, -0.15) is 0 Å². The SMILES string of the molecule is CCCC/C=C/C/C=C/CCCCCCCC(=O)O[C@@H](COC(=O)CCCCC/C=C/C/C=C/C/C=C/C/C=C/CCCCC)COP(=O)(O)OCCN. The largest absolute Gasteiger partial charge is 0.472 e. The van der Waals surface area contributed by atoms with Gasteiger partial charge in [0.15, 0.2) is 6.10 Å². The zero-order valence-corrected chi connectivity index (χ0v) is 34.8. The van der Waals surface area contributed by atoms with Crippen molar-refractivity contribution in [2.24, 2.45) is 5.73 Å². The topological polar surface area (TPSA) is 134 Å². The van der Waals surface area contributed by atoms with E-state index in [4.69, 9.17) is 24.3 Å². The Labute approximate surface area is 329 Å². The first-order valence-electron chi connectivity index (χ1n) is 20.9. The van der Waals surface area contributed by atoms with Gasteiger partial charge in [0.25, 0.3) is 0 Å². The summed E-state index contributed by atoms with van der Waals surface area (Å²) >= 11 is 0. The van der Waals surface area contributed by atoms with Crippen molar-refractivity contribution in [2.45, 2.75) is 168 Å². The second-order valence-corrected chi connectivity index (χ2v) is 14.9. The number of hydrogen-bond donors (Lipinski definition) is 2. The van der Waals surface area contributed by atoms with E-state index in [1.165, 1.54) is 38.5 Å². The highest BCUT2D eigenvalue weighted by molar-refractivity contribution is 7.47. The first-order chi connectivity index (χ1) is 26.3. The molecule has 0 bridgehead atoms. The second kappa shape index (κ2) is 40.1. The molecule has 0 aromatic heterocycles. The van der Waals surface area contributed by atoms with Crippen LogP contribution in [0.4, 0.5) is 0 Å². The molecule has 0 rings (SSSR count). The van der Waals surface area contributed by atoms with Crippen LogP contribution in [0, 0.1) is 0 Å². The van der Waals surface area contributed by atoms with Crippen molar-refractivity contribution >= 4 is 19.8 Å². The molecule has 10 heteroatoms. The van der Waals surface area contributed by atoms with Gasteiger partial charge in [0, 0.05) is 19.4 Å². The molecule has 3 N–H and O–H groups in total. The Hall–Kier alpha value is -2.55. The van der Waals surface area contributed by atoms with Crippen molar-refractivity contribution in [1.29, 1.82) is 0 Å². The highest BCUT2D eigenvalue weighted by Crippen LogP contribution is 2.43. The normalized spacial score (nSPS) is 14.1. The van der Waals surface area contributed by atoms with E-state index in [-0.39, 0.29) is 32.6 Å². The summed E-state index contributed by atoms with van der Waals surface area (Å²) in [6.07, 6.45) is 47.8. The average Bonchev–Trinajstić information content (AvgIpc) is 3.16. The molecule has 0 spiro atoms. The van der Waals surface area contributed by atoms with Gasteiger partial charge in [0.1, 0.15) is 6.61 Å². The maximum Gasteiger partial charge on any atom is 0.472 e. The fourth-order valence-electron chi connectivity index (χ4n) is 5.16. The molecule has 0 fully saturated rings. The van der Waals surface area contributed by atoms with Gasteiger partial charge in [0.05, 0.1) is 13.2 Å². The summed E-state index contributed by atoms with van der Waals surface area (Å²) in [6, 6.07) is 0. The van der Waals surface area contributed by atoms with Crippen LogP contribution in [-0.4, -0.2) is 49.3 Å². The standard InChI is InChI=1S/C44H76NO8P/c1-3-5-7-9-11-13-15-17-19-20-21-22-23-25-26-28-30-32-34-36-43(46)50-40-42(41-52-54(48,49)51-39-38-45)53-44(47)37-35-33-31-29-27-24-18-16-14-12-10-8-6-4-2/h10-13,16-19,21-22,25-26,42H,3-9,14-15,20,23-24,27-41,45H2,1-2H3,(H,48,49)/b12-10+,13-11+,18-16+,19-17+,22-21+,26-25+/t42-/m0/s1. The van der Waals surface area contributed by atoms with Crippen LogP contribution in [0.25, 0.3) is 0 Å². The number of allylic oxidation sites excluding steroid dienone is 12. The predicted octanol–water partition coefficient (Wildman–Crippen LogP) is 11.9. The van der Waals surface area contributed by atoms with E-state index in [2.05, 4.69) is 86.8 Å². The molecular weight excluding hydrogens is 701 g/mol. The van der Waals surface area contributed by atoms with Crippen LogP contribution in [0.5, 0.6) is 0 Å². The fourth-order valence-corrected chi connectivity index (χ4v) is 5.93. The summed E-state index contributed by atoms with van der Waals surface area (Å²) in [4.78, 5) is 34.8. The molecule has 54 heavy (non-hydrogen) atoms. The first-order valence-corrected chi connectivity index (χ1v) is 22.4. The third-order valence-electron chi connectivity index (χ3n) is 8.31. The third kappa shape index (κ3) is 39.2. The number of carbonyl (C=O) groups excluding carboxylic acids is 2. The van der Waals surface area contributed by atoms with E-state index >= 15 is 0 Å². The van der Waals surface area contributed by atoms with E-state index in [0.717, 1.165) is 83.5 Å². The van der Waals surface area contributed by atoms with Crippen LogP contribution in [0.3, 0.4) is 0 Å². The number of phosphoric acid groups is 1. The van der Waals surface area contributed by atoms with E-state index < -0.39 is 32.5 Å². The molecule has 0 heterocycles. The molecule has 0 aliphatic rings. The number of ether oxygens (including phenoxy) is 2. The lowest BCUT2D eigenvalue weighted by Gasteiger charge is -2.19. The summed E-state index contributed by atoms with van der Waals surface area (Å²) in [7, 11) is -4.39. The van der Waals surface area contributed by atoms with Crippen molar-refractivity contribution in [3.8, 4) is 0 Å². The van der Waals surface area contributed by atoms with Crippen LogP contribution in [0.2, 0.25) is 0 Å². The van der Waals surface area contributed by atoms with E-state index in [1.807, 2.05) is 0 Å². The molecule has 310 valence electrons. The smallest absolute Gasteiger partial charge is 0.462 e. The second-order valence-electron chi connectivity index (χ2n) is 13.5.